The Morgan fingerprint density at radius 2 is 2.05 bits per heavy atom. The van der Waals surface area contributed by atoms with Crippen LogP contribution in [0.15, 0.2) is 29.6 Å². The zero-order valence-electron chi connectivity index (χ0n) is 13.1. The topological polar surface area (TPSA) is 12.0 Å². The van der Waals surface area contributed by atoms with Crippen LogP contribution in [0.5, 0.6) is 0 Å². The second-order valence-electron chi connectivity index (χ2n) is 6.39. The largest absolute Gasteiger partial charge is 0.316 e. The van der Waals surface area contributed by atoms with Crippen LogP contribution in [-0.2, 0) is 0 Å². The molecular weight excluding hydrogens is 274 g/mol. The van der Waals surface area contributed by atoms with Crippen molar-refractivity contribution in [3.05, 3.63) is 35.2 Å². The van der Waals surface area contributed by atoms with Crippen molar-refractivity contribution in [3.63, 3.8) is 0 Å². The first-order valence-corrected chi connectivity index (χ1v) is 9.45. The molecule has 2 atom stereocenters. The Kier molecular flexibility index (Phi) is 5.32. The Bertz CT molecular complexity index is 559. The summed E-state index contributed by atoms with van der Waals surface area (Å²) in [5.41, 5.74) is 1.62. The molecule has 0 amide bonds. The lowest BCUT2D eigenvalue weighted by Crippen LogP contribution is -2.27. The van der Waals surface area contributed by atoms with E-state index in [2.05, 4.69) is 41.9 Å². The van der Waals surface area contributed by atoms with E-state index in [-0.39, 0.29) is 0 Å². The van der Waals surface area contributed by atoms with Gasteiger partial charge in [0.1, 0.15) is 0 Å². The molecule has 1 saturated carbocycles. The first kappa shape index (κ1) is 15.1. The van der Waals surface area contributed by atoms with Crippen LogP contribution in [0.3, 0.4) is 0 Å². The normalized spacial score (nSPS) is 23.3. The summed E-state index contributed by atoms with van der Waals surface area (Å²) in [5, 5.41) is 7.36. The van der Waals surface area contributed by atoms with E-state index >= 15 is 0 Å². The number of benzene rings is 1. The molecule has 2 heteroatoms. The summed E-state index contributed by atoms with van der Waals surface area (Å²) in [4.78, 5) is 0. The summed E-state index contributed by atoms with van der Waals surface area (Å²) in [5.74, 6) is 1.56. The predicted octanol–water partition coefficient (Wildman–Crippen LogP) is 5.56. The van der Waals surface area contributed by atoms with E-state index in [1.807, 2.05) is 11.3 Å². The van der Waals surface area contributed by atoms with Gasteiger partial charge in [0.05, 0.1) is 0 Å². The van der Waals surface area contributed by atoms with Crippen LogP contribution >= 0.6 is 11.3 Å². The van der Waals surface area contributed by atoms with Crippen molar-refractivity contribution in [2.45, 2.75) is 51.4 Å². The molecule has 1 aliphatic carbocycles. The van der Waals surface area contributed by atoms with Gasteiger partial charge in [0.25, 0.3) is 0 Å². The molecule has 3 rings (SSSR count). The highest BCUT2D eigenvalue weighted by Gasteiger charge is 2.26. The molecule has 1 fully saturated rings. The quantitative estimate of drug-likeness (QED) is 0.563. The first-order valence-electron chi connectivity index (χ1n) is 8.57. The maximum atomic E-state index is 3.68. The summed E-state index contributed by atoms with van der Waals surface area (Å²) < 4.78 is 1.53. The van der Waals surface area contributed by atoms with Crippen LogP contribution in [0.25, 0.3) is 10.1 Å². The molecule has 1 aliphatic rings. The molecule has 1 aromatic heterocycles. The predicted molar refractivity (Wildman–Crippen MR) is 94.3 cm³/mol. The molecule has 0 saturated heterocycles. The van der Waals surface area contributed by atoms with E-state index in [0.717, 1.165) is 18.4 Å². The minimum Gasteiger partial charge on any atom is -0.316 e. The monoisotopic (exact) mass is 301 g/mol. The Hall–Kier alpha value is -0.860. The second-order valence-corrected chi connectivity index (χ2v) is 7.31. The fourth-order valence-corrected chi connectivity index (χ4v) is 4.79. The number of hydrogen-bond donors (Lipinski definition) is 1. The molecular formula is C19H27NS. The Balaban J connectivity index is 1.86. The molecule has 0 bridgehead atoms. The Labute approximate surface area is 132 Å². The van der Waals surface area contributed by atoms with Gasteiger partial charge in [-0.3, -0.25) is 0 Å². The van der Waals surface area contributed by atoms with Gasteiger partial charge in [-0.05, 0) is 66.6 Å². The molecule has 0 radical (unpaired) electrons. The molecule has 1 heterocycles. The number of hydrogen-bond acceptors (Lipinski definition) is 2. The average Bonchev–Trinajstić information content (AvgIpc) is 2.87. The fourth-order valence-electron chi connectivity index (χ4n) is 3.81. The summed E-state index contributed by atoms with van der Waals surface area (Å²) in [6.45, 7) is 4.61. The molecule has 1 aromatic carbocycles. The summed E-state index contributed by atoms with van der Waals surface area (Å²) in [6, 6.07) is 9.17. The fraction of sp³-hybridized carbons (Fsp3) is 0.579. The molecule has 1 nitrogen and oxygen atoms in total. The van der Waals surface area contributed by atoms with E-state index < -0.39 is 0 Å². The van der Waals surface area contributed by atoms with Crippen LogP contribution < -0.4 is 5.32 Å². The highest BCUT2D eigenvalue weighted by atomic mass is 32.1. The lowest BCUT2D eigenvalue weighted by atomic mass is 9.82. The smallest absolute Gasteiger partial charge is 0.0377 e. The molecule has 0 aliphatic heterocycles. The maximum absolute atomic E-state index is 3.68. The highest BCUT2D eigenvalue weighted by molar-refractivity contribution is 7.17. The van der Waals surface area contributed by atoms with Crippen molar-refractivity contribution in [1.82, 2.24) is 5.32 Å². The number of nitrogens with one attached hydrogen (secondary N) is 1. The van der Waals surface area contributed by atoms with Crippen LogP contribution in [0, 0.1) is 5.92 Å². The zero-order chi connectivity index (χ0) is 14.5. The average molecular weight is 301 g/mol. The van der Waals surface area contributed by atoms with E-state index in [1.165, 1.54) is 55.2 Å². The van der Waals surface area contributed by atoms with Crippen LogP contribution in [0.4, 0.5) is 0 Å². The van der Waals surface area contributed by atoms with Gasteiger partial charge in [0, 0.05) is 4.70 Å². The summed E-state index contributed by atoms with van der Waals surface area (Å²) in [7, 11) is 0. The molecule has 2 aromatic rings. The van der Waals surface area contributed by atoms with Gasteiger partial charge in [0.2, 0.25) is 0 Å². The molecule has 21 heavy (non-hydrogen) atoms. The molecule has 0 spiro atoms. The van der Waals surface area contributed by atoms with Crippen LogP contribution in [-0.4, -0.2) is 13.1 Å². The minimum atomic E-state index is 0.749. The van der Waals surface area contributed by atoms with Crippen molar-refractivity contribution in [2.75, 3.05) is 13.1 Å². The van der Waals surface area contributed by atoms with Crippen LogP contribution in [0.2, 0.25) is 0 Å². The zero-order valence-corrected chi connectivity index (χ0v) is 13.9. The van der Waals surface area contributed by atoms with E-state index in [4.69, 9.17) is 0 Å². The lowest BCUT2D eigenvalue weighted by Gasteiger charge is -2.26. The minimum absolute atomic E-state index is 0.749. The molecule has 1 N–H and O–H groups in total. The van der Waals surface area contributed by atoms with Crippen molar-refractivity contribution in [1.29, 1.82) is 0 Å². The van der Waals surface area contributed by atoms with E-state index in [1.54, 1.807) is 5.56 Å². The maximum Gasteiger partial charge on any atom is 0.0377 e. The van der Waals surface area contributed by atoms with Crippen molar-refractivity contribution >= 4 is 21.4 Å². The van der Waals surface area contributed by atoms with Gasteiger partial charge in [-0.15, -0.1) is 11.3 Å². The second kappa shape index (κ2) is 7.42. The third-order valence-electron chi connectivity index (χ3n) is 4.90. The van der Waals surface area contributed by atoms with Gasteiger partial charge in [-0.1, -0.05) is 44.4 Å². The van der Waals surface area contributed by atoms with E-state index in [0.29, 0.717) is 0 Å². The standard InChI is InChI=1S/C19H27NS/c1-2-12-20-14-16-7-4-3-5-9-17(16)18-10-6-8-15-11-13-21-19(15)18/h6,8,10-11,13,16-17,20H,2-5,7,9,12,14H2,1H3. The van der Waals surface area contributed by atoms with Gasteiger partial charge in [0.15, 0.2) is 0 Å². The SMILES string of the molecule is CCCNCC1CCCCCC1c1cccc2ccsc12. The third-order valence-corrected chi connectivity index (χ3v) is 5.88. The summed E-state index contributed by atoms with van der Waals surface area (Å²) in [6.07, 6.45) is 8.23. The number of thiophene rings is 1. The van der Waals surface area contributed by atoms with Crippen molar-refractivity contribution in [3.8, 4) is 0 Å². The van der Waals surface area contributed by atoms with Crippen LogP contribution in [0.1, 0.15) is 56.9 Å². The first-order chi connectivity index (χ1) is 10.4. The molecule has 114 valence electrons. The van der Waals surface area contributed by atoms with Crippen molar-refractivity contribution < 1.29 is 0 Å². The highest BCUT2D eigenvalue weighted by Crippen LogP contribution is 2.40. The molecule has 2 unspecified atom stereocenters. The Morgan fingerprint density at radius 1 is 1.14 bits per heavy atom. The lowest BCUT2D eigenvalue weighted by molar-refractivity contribution is 0.377. The van der Waals surface area contributed by atoms with Gasteiger partial charge >= 0.3 is 0 Å². The summed E-state index contributed by atoms with van der Waals surface area (Å²) >= 11 is 1.92. The van der Waals surface area contributed by atoms with Gasteiger partial charge in [-0.2, -0.15) is 0 Å². The Morgan fingerprint density at radius 3 is 2.95 bits per heavy atom. The van der Waals surface area contributed by atoms with E-state index in [9.17, 15) is 0 Å². The van der Waals surface area contributed by atoms with Gasteiger partial charge in [-0.25, -0.2) is 0 Å². The van der Waals surface area contributed by atoms with Crippen molar-refractivity contribution in [2.24, 2.45) is 5.92 Å². The number of fused-ring (bicyclic) bond motifs is 1. The third kappa shape index (κ3) is 3.49. The number of rotatable bonds is 5. The van der Waals surface area contributed by atoms with Gasteiger partial charge < -0.3 is 5.32 Å².